The zero-order chi connectivity index (χ0) is 18.7. The Morgan fingerprint density at radius 2 is 2.04 bits per heavy atom. The Labute approximate surface area is 159 Å². The van der Waals surface area contributed by atoms with Gasteiger partial charge in [0, 0.05) is 49.5 Å². The number of amides is 1. The van der Waals surface area contributed by atoms with Crippen LogP contribution in [0.15, 0.2) is 34.2 Å². The van der Waals surface area contributed by atoms with Gasteiger partial charge in [-0.3, -0.25) is 4.79 Å². The number of carbonyl (C=O) groups is 1. The van der Waals surface area contributed by atoms with E-state index in [1.54, 1.807) is 33.0 Å². The van der Waals surface area contributed by atoms with Gasteiger partial charge in [-0.15, -0.1) is 11.8 Å². The first-order chi connectivity index (χ1) is 11.9. The smallest absolute Gasteiger partial charge is 0.243 e. The molecule has 0 spiro atoms. The molecular formula is C17H27ClN4O2S. The van der Waals surface area contributed by atoms with Crippen LogP contribution < -0.4 is 10.6 Å². The van der Waals surface area contributed by atoms with E-state index in [0.717, 1.165) is 22.2 Å². The number of nitrogens with one attached hydrogen (secondary N) is 2. The van der Waals surface area contributed by atoms with Crippen molar-refractivity contribution in [3.63, 3.8) is 0 Å². The molecule has 1 atom stereocenters. The molecule has 1 rings (SSSR count). The van der Waals surface area contributed by atoms with Gasteiger partial charge in [-0.1, -0.05) is 11.6 Å². The van der Waals surface area contributed by atoms with Gasteiger partial charge in [-0.05, 0) is 31.2 Å². The molecule has 1 amide bonds. The Morgan fingerprint density at radius 1 is 1.36 bits per heavy atom. The van der Waals surface area contributed by atoms with Gasteiger partial charge in [0.05, 0.1) is 6.61 Å². The SMILES string of the molecule is COCC(C)NC(=NCC(=O)N(C)C)NCCSc1ccc(Cl)cc1. The summed E-state index contributed by atoms with van der Waals surface area (Å²) in [7, 11) is 5.09. The molecule has 0 heterocycles. The quantitative estimate of drug-likeness (QED) is 0.294. The maximum absolute atomic E-state index is 11.7. The number of hydrogen-bond donors (Lipinski definition) is 2. The monoisotopic (exact) mass is 386 g/mol. The summed E-state index contributed by atoms with van der Waals surface area (Å²) < 4.78 is 5.13. The Bertz CT molecular complexity index is 552. The molecule has 0 aromatic heterocycles. The fraction of sp³-hybridized carbons (Fsp3) is 0.529. The lowest BCUT2D eigenvalue weighted by molar-refractivity contribution is -0.127. The van der Waals surface area contributed by atoms with Crippen LogP contribution in [0.1, 0.15) is 6.92 Å². The summed E-state index contributed by atoms with van der Waals surface area (Å²) in [6, 6.07) is 7.85. The molecule has 0 aliphatic carbocycles. The summed E-state index contributed by atoms with van der Waals surface area (Å²) in [4.78, 5) is 18.8. The van der Waals surface area contributed by atoms with Gasteiger partial charge in [0.1, 0.15) is 6.54 Å². The van der Waals surface area contributed by atoms with E-state index in [-0.39, 0.29) is 18.5 Å². The van der Waals surface area contributed by atoms with Gasteiger partial charge in [0.2, 0.25) is 5.91 Å². The van der Waals surface area contributed by atoms with Crippen LogP contribution in [-0.2, 0) is 9.53 Å². The normalized spacial score (nSPS) is 12.6. The summed E-state index contributed by atoms with van der Waals surface area (Å²) in [6.45, 7) is 3.38. The summed E-state index contributed by atoms with van der Waals surface area (Å²) in [5.74, 6) is 1.43. The molecule has 0 radical (unpaired) electrons. The number of hydrogen-bond acceptors (Lipinski definition) is 4. The highest BCUT2D eigenvalue weighted by molar-refractivity contribution is 7.99. The zero-order valence-electron chi connectivity index (χ0n) is 15.2. The molecule has 25 heavy (non-hydrogen) atoms. The number of methoxy groups -OCH3 is 1. The summed E-state index contributed by atoms with van der Waals surface area (Å²) in [5, 5.41) is 7.22. The molecule has 0 saturated heterocycles. The number of aliphatic imine (C=N–C) groups is 1. The lowest BCUT2D eigenvalue weighted by Gasteiger charge is -2.18. The van der Waals surface area contributed by atoms with E-state index < -0.39 is 0 Å². The molecule has 8 heteroatoms. The van der Waals surface area contributed by atoms with E-state index in [2.05, 4.69) is 15.6 Å². The van der Waals surface area contributed by atoms with Crippen LogP contribution in [-0.4, -0.2) is 69.5 Å². The van der Waals surface area contributed by atoms with E-state index in [1.165, 1.54) is 4.90 Å². The number of halogens is 1. The number of nitrogens with zero attached hydrogens (tertiary/aromatic N) is 2. The highest BCUT2D eigenvalue weighted by Crippen LogP contribution is 2.19. The largest absolute Gasteiger partial charge is 0.383 e. The first-order valence-electron chi connectivity index (χ1n) is 8.04. The summed E-state index contributed by atoms with van der Waals surface area (Å²) in [6.07, 6.45) is 0. The second kappa shape index (κ2) is 12.0. The van der Waals surface area contributed by atoms with Crippen LogP contribution >= 0.6 is 23.4 Å². The van der Waals surface area contributed by atoms with Crippen molar-refractivity contribution in [2.45, 2.75) is 17.9 Å². The van der Waals surface area contributed by atoms with Crippen molar-refractivity contribution in [1.29, 1.82) is 0 Å². The molecule has 0 bridgehead atoms. The molecule has 0 saturated carbocycles. The van der Waals surface area contributed by atoms with E-state index in [0.29, 0.717) is 12.6 Å². The Hall–Kier alpha value is -1.44. The van der Waals surface area contributed by atoms with Crippen molar-refractivity contribution in [1.82, 2.24) is 15.5 Å². The number of ether oxygens (including phenoxy) is 1. The fourth-order valence-corrected chi connectivity index (χ4v) is 2.73. The maximum atomic E-state index is 11.7. The molecule has 0 aliphatic heterocycles. The second-order valence-corrected chi connectivity index (χ2v) is 7.29. The Kier molecular flexibility index (Phi) is 10.4. The number of rotatable bonds is 9. The van der Waals surface area contributed by atoms with E-state index in [1.807, 2.05) is 31.2 Å². The van der Waals surface area contributed by atoms with E-state index in [4.69, 9.17) is 16.3 Å². The van der Waals surface area contributed by atoms with Crippen LogP contribution in [0.4, 0.5) is 0 Å². The number of carbonyl (C=O) groups excluding carboxylic acids is 1. The van der Waals surface area contributed by atoms with Crippen LogP contribution in [0.3, 0.4) is 0 Å². The molecule has 2 N–H and O–H groups in total. The zero-order valence-corrected chi connectivity index (χ0v) is 16.8. The van der Waals surface area contributed by atoms with Crippen molar-refractivity contribution < 1.29 is 9.53 Å². The fourth-order valence-electron chi connectivity index (χ4n) is 1.83. The molecular weight excluding hydrogens is 360 g/mol. The van der Waals surface area contributed by atoms with Gasteiger partial charge < -0.3 is 20.3 Å². The van der Waals surface area contributed by atoms with E-state index >= 15 is 0 Å². The highest BCUT2D eigenvalue weighted by Gasteiger charge is 2.07. The average Bonchev–Trinajstić information content (AvgIpc) is 2.57. The van der Waals surface area contributed by atoms with Gasteiger partial charge >= 0.3 is 0 Å². The molecule has 1 aromatic carbocycles. The molecule has 140 valence electrons. The van der Waals surface area contributed by atoms with Gasteiger partial charge in [0.15, 0.2) is 5.96 Å². The predicted octanol–water partition coefficient (Wildman–Crippen LogP) is 2.09. The van der Waals surface area contributed by atoms with Crippen molar-refractivity contribution in [2.75, 3.05) is 46.7 Å². The number of benzene rings is 1. The molecule has 6 nitrogen and oxygen atoms in total. The van der Waals surface area contributed by atoms with Crippen molar-refractivity contribution >= 4 is 35.2 Å². The average molecular weight is 387 g/mol. The van der Waals surface area contributed by atoms with Crippen LogP contribution in [0, 0.1) is 0 Å². The lowest BCUT2D eigenvalue weighted by Crippen LogP contribution is -2.45. The number of likely N-dealkylation sites (N-methyl/N-ethyl adjacent to an activating group) is 1. The lowest BCUT2D eigenvalue weighted by atomic mass is 10.4. The molecule has 0 fully saturated rings. The standard InChI is InChI=1S/C17H27ClN4O2S/c1-13(12-24-4)21-17(20-11-16(23)22(2)3)19-9-10-25-15-7-5-14(18)6-8-15/h5-8,13H,9-12H2,1-4H3,(H2,19,20,21). The maximum Gasteiger partial charge on any atom is 0.243 e. The minimum absolute atomic E-state index is 0.0453. The van der Waals surface area contributed by atoms with Crippen LogP contribution in [0.5, 0.6) is 0 Å². The Balaban J connectivity index is 2.49. The molecule has 1 aromatic rings. The topological polar surface area (TPSA) is 66.0 Å². The molecule has 1 unspecified atom stereocenters. The van der Waals surface area contributed by atoms with Gasteiger partial charge in [-0.25, -0.2) is 4.99 Å². The third-order valence-corrected chi connectivity index (χ3v) is 4.41. The van der Waals surface area contributed by atoms with Gasteiger partial charge in [0.25, 0.3) is 0 Å². The van der Waals surface area contributed by atoms with Crippen molar-refractivity contribution in [3.8, 4) is 0 Å². The van der Waals surface area contributed by atoms with Crippen LogP contribution in [0.2, 0.25) is 5.02 Å². The molecule has 0 aliphatic rings. The van der Waals surface area contributed by atoms with Crippen molar-refractivity contribution in [3.05, 3.63) is 29.3 Å². The number of thioether (sulfide) groups is 1. The predicted molar refractivity (Wildman–Crippen MR) is 106 cm³/mol. The third-order valence-electron chi connectivity index (χ3n) is 3.15. The summed E-state index contributed by atoms with van der Waals surface area (Å²) >= 11 is 7.61. The highest BCUT2D eigenvalue weighted by atomic mass is 35.5. The minimum Gasteiger partial charge on any atom is -0.383 e. The minimum atomic E-state index is -0.0453. The Morgan fingerprint density at radius 3 is 2.64 bits per heavy atom. The van der Waals surface area contributed by atoms with Crippen molar-refractivity contribution in [2.24, 2.45) is 4.99 Å². The second-order valence-electron chi connectivity index (χ2n) is 5.68. The summed E-state index contributed by atoms with van der Waals surface area (Å²) in [5.41, 5.74) is 0. The third kappa shape index (κ3) is 9.57. The van der Waals surface area contributed by atoms with Crippen LogP contribution in [0.25, 0.3) is 0 Å². The van der Waals surface area contributed by atoms with E-state index in [9.17, 15) is 4.79 Å². The first kappa shape index (κ1) is 21.6. The van der Waals surface area contributed by atoms with Gasteiger partial charge in [-0.2, -0.15) is 0 Å². The first-order valence-corrected chi connectivity index (χ1v) is 9.41. The number of guanidine groups is 1.